The van der Waals surface area contributed by atoms with Gasteiger partial charge in [0.05, 0.1) is 45.2 Å². The number of rotatable bonds is 3. The molecule has 6 heteroatoms. The molecule has 0 aliphatic rings. The lowest BCUT2D eigenvalue weighted by Gasteiger charge is -2.21. The van der Waals surface area contributed by atoms with E-state index >= 15 is 0 Å². The number of nitrogens with zero attached hydrogens (tertiary/aromatic N) is 3. The van der Waals surface area contributed by atoms with E-state index in [0.717, 1.165) is 60.4 Å². The molecule has 0 radical (unpaired) electrons. The summed E-state index contributed by atoms with van der Waals surface area (Å²) in [7, 11) is 0. The summed E-state index contributed by atoms with van der Waals surface area (Å²) in [6, 6.07) is 35.2. The Morgan fingerprint density at radius 3 is 1.44 bits per heavy atom. The molecule has 3 aromatic heterocycles. The maximum absolute atomic E-state index is 14.5. The van der Waals surface area contributed by atoms with Gasteiger partial charge < -0.3 is 9.13 Å². The molecule has 0 atom stereocenters. The highest BCUT2D eigenvalue weighted by atomic mass is 19.4. The van der Waals surface area contributed by atoms with Crippen LogP contribution in [0.5, 0.6) is 0 Å². The van der Waals surface area contributed by atoms with Crippen molar-refractivity contribution in [1.29, 1.82) is 0 Å². The zero-order chi connectivity index (χ0) is 35.2. The molecule has 8 aromatic rings. The normalized spacial score (nSPS) is 12.9. The van der Waals surface area contributed by atoms with Crippen molar-refractivity contribution in [3.8, 4) is 22.5 Å². The summed E-state index contributed by atoms with van der Waals surface area (Å²) in [6.07, 6.45) is -0.987. The number of fused-ring (bicyclic) bond motifs is 6. The Morgan fingerprint density at radius 2 is 0.920 bits per heavy atom. The molecule has 0 aliphatic heterocycles. The van der Waals surface area contributed by atoms with Crippen molar-refractivity contribution in [3.05, 3.63) is 138 Å². The highest BCUT2D eigenvalue weighted by Gasteiger charge is 2.32. The molecule has 0 amide bonds. The Kier molecular flexibility index (Phi) is 7.06. The molecule has 3 heterocycles. The van der Waals surface area contributed by atoms with Gasteiger partial charge in [-0.2, -0.15) is 13.2 Å². The fraction of sp³-hybridized carbons (Fsp3) is 0.205. The van der Waals surface area contributed by atoms with Crippen molar-refractivity contribution in [2.45, 2.75) is 58.5 Å². The molecule has 0 spiro atoms. The van der Waals surface area contributed by atoms with Crippen LogP contribution < -0.4 is 0 Å². The zero-order valence-corrected chi connectivity index (χ0v) is 29.0. The summed E-state index contributed by atoms with van der Waals surface area (Å²) in [5.41, 5.74) is 7.96. The van der Waals surface area contributed by atoms with Gasteiger partial charge in [-0.3, -0.25) is 4.98 Å². The van der Waals surface area contributed by atoms with E-state index in [4.69, 9.17) is 0 Å². The standard InChI is InChI=1S/C44H38F3N3/c1-42(2,3)27-16-19-38-34(23-27)30-11-7-9-13-36(30)49(38)40-25-29(44(45,46)47)15-18-32(40)33-21-22-48-26-41(33)50-37-14-10-8-12-31(37)35-24-28(43(4,5)6)17-20-39(35)50/h7-26H,1-6H3. The fourth-order valence-electron chi connectivity index (χ4n) is 7.31. The van der Waals surface area contributed by atoms with Gasteiger partial charge in [-0.15, -0.1) is 0 Å². The van der Waals surface area contributed by atoms with Gasteiger partial charge in [0.1, 0.15) is 0 Å². The molecule has 3 nitrogen and oxygen atoms in total. The lowest BCUT2D eigenvalue weighted by molar-refractivity contribution is -0.137. The first-order valence-electron chi connectivity index (χ1n) is 17.0. The minimum Gasteiger partial charge on any atom is -0.309 e. The van der Waals surface area contributed by atoms with E-state index in [1.54, 1.807) is 12.3 Å². The van der Waals surface area contributed by atoms with Crippen LogP contribution in [0.25, 0.3) is 66.1 Å². The van der Waals surface area contributed by atoms with E-state index in [0.29, 0.717) is 11.3 Å². The molecule has 0 saturated heterocycles. The lowest BCUT2D eigenvalue weighted by Crippen LogP contribution is -2.11. The molecule has 0 fully saturated rings. The second kappa shape index (κ2) is 11.1. The van der Waals surface area contributed by atoms with Crippen LogP contribution in [0.2, 0.25) is 0 Å². The predicted octanol–water partition coefficient (Wildman–Crippen LogP) is 12.6. The SMILES string of the molecule is CC(C)(C)c1ccc2c(c1)c1ccccc1n2-c1cnccc1-c1ccc(C(F)(F)F)cc1-n1c2ccccc2c2cc(C(C)(C)C)ccc21. The van der Waals surface area contributed by atoms with E-state index in [9.17, 15) is 13.2 Å². The summed E-state index contributed by atoms with van der Waals surface area (Å²) in [6.45, 7) is 13.1. The summed E-state index contributed by atoms with van der Waals surface area (Å²) in [5, 5.41) is 4.22. The maximum atomic E-state index is 14.5. The fourth-order valence-corrected chi connectivity index (χ4v) is 7.31. The summed E-state index contributed by atoms with van der Waals surface area (Å²) in [4.78, 5) is 4.57. The van der Waals surface area contributed by atoms with E-state index < -0.39 is 11.7 Å². The first kappa shape index (κ1) is 31.9. The van der Waals surface area contributed by atoms with E-state index in [-0.39, 0.29) is 10.8 Å². The van der Waals surface area contributed by atoms with Crippen LogP contribution in [0.15, 0.2) is 122 Å². The Hall–Kier alpha value is -5.36. The third kappa shape index (κ3) is 5.08. The molecule has 0 N–H and O–H groups in total. The van der Waals surface area contributed by atoms with Crippen LogP contribution in [0.1, 0.15) is 58.2 Å². The number of pyridine rings is 1. The van der Waals surface area contributed by atoms with Crippen molar-refractivity contribution in [3.63, 3.8) is 0 Å². The van der Waals surface area contributed by atoms with Gasteiger partial charge in [0.15, 0.2) is 0 Å². The Bertz CT molecular complexity index is 2610. The molecule has 0 saturated carbocycles. The first-order chi connectivity index (χ1) is 23.7. The minimum atomic E-state index is -4.52. The van der Waals surface area contributed by atoms with Gasteiger partial charge in [0, 0.05) is 38.9 Å². The smallest absolute Gasteiger partial charge is 0.309 e. The van der Waals surface area contributed by atoms with Crippen molar-refractivity contribution in [1.82, 2.24) is 14.1 Å². The van der Waals surface area contributed by atoms with Crippen LogP contribution >= 0.6 is 0 Å². The monoisotopic (exact) mass is 665 g/mol. The van der Waals surface area contributed by atoms with Crippen LogP contribution in [-0.2, 0) is 17.0 Å². The van der Waals surface area contributed by atoms with Crippen molar-refractivity contribution < 1.29 is 13.2 Å². The van der Waals surface area contributed by atoms with Crippen molar-refractivity contribution in [2.24, 2.45) is 0 Å². The molecular formula is C44H38F3N3. The molecule has 5 aromatic carbocycles. The predicted molar refractivity (Wildman–Crippen MR) is 201 cm³/mol. The lowest BCUT2D eigenvalue weighted by atomic mass is 9.86. The number of para-hydroxylation sites is 2. The number of aromatic nitrogens is 3. The van der Waals surface area contributed by atoms with Gasteiger partial charge in [0.2, 0.25) is 0 Å². The van der Waals surface area contributed by atoms with E-state index in [1.165, 1.54) is 17.7 Å². The third-order valence-corrected chi connectivity index (χ3v) is 9.97. The number of benzene rings is 5. The Labute approximate surface area is 289 Å². The molecule has 0 unspecified atom stereocenters. The van der Waals surface area contributed by atoms with Gasteiger partial charge in [0.25, 0.3) is 0 Å². The van der Waals surface area contributed by atoms with E-state index in [2.05, 4.69) is 99.6 Å². The summed E-state index contributed by atoms with van der Waals surface area (Å²) in [5.74, 6) is 0. The highest BCUT2D eigenvalue weighted by Crippen LogP contribution is 2.43. The largest absolute Gasteiger partial charge is 0.416 e. The van der Waals surface area contributed by atoms with Gasteiger partial charge in [-0.05, 0) is 76.6 Å². The molecule has 50 heavy (non-hydrogen) atoms. The number of alkyl halides is 3. The third-order valence-electron chi connectivity index (χ3n) is 9.97. The highest BCUT2D eigenvalue weighted by molar-refractivity contribution is 6.11. The molecular weight excluding hydrogens is 627 g/mol. The second-order valence-corrected chi connectivity index (χ2v) is 15.3. The zero-order valence-electron chi connectivity index (χ0n) is 29.0. The van der Waals surface area contributed by atoms with Gasteiger partial charge in [-0.1, -0.05) is 96.1 Å². The van der Waals surface area contributed by atoms with Crippen LogP contribution in [0.4, 0.5) is 13.2 Å². The second-order valence-electron chi connectivity index (χ2n) is 15.3. The number of hydrogen-bond donors (Lipinski definition) is 0. The molecule has 0 aliphatic carbocycles. The molecule has 8 rings (SSSR count). The topological polar surface area (TPSA) is 22.8 Å². The van der Waals surface area contributed by atoms with Gasteiger partial charge in [-0.25, -0.2) is 0 Å². The Morgan fingerprint density at radius 1 is 0.460 bits per heavy atom. The Balaban J connectivity index is 1.46. The quantitative estimate of drug-likeness (QED) is 0.184. The van der Waals surface area contributed by atoms with Crippen LogP contribution in [0, 0.1) is 0 Å². The first-order valence-corrected chi connectivity index (χ1v) is 17.0. The van der Waals surface area contributed by atoms with Crippen molar-refractivity contribution in [2.75, 3.05) is 0 Å². The molecule has 250 valence electrons. The van der Waals surface area contributed by atoms with E-state index in [1.807, 2.05) is 53.2 Å². The van der Waals surface area contributed by atoms with Gasteiger partial charge >= 0.3 is 6.18 Å². The van der Waals surface area contributed by atoms with Crippen LogP contribution in [0.3, 0.4) is 0 Å². The number of hydrogen-bond acceptors (Lipinski definition) is 1. The maximum Gasteiger partial charge on any atom is 0.416 e. The summed E-state index contributed by atoms with van der Waals surface area (Å²) < 4.78 is 47.7. The minimum absolute atomic E-state index is 0.0397. The average Bonchev–Trinajstić information content (AvgIpc) is 3.59. The molecule has 0 bridgehead atoms. The summed E-state index contributed by atoms with van der Waals surface area (Å²) >= 11 is 0. The van der Waals surface area contributed by atoms with Crippen molar-refractivity contribution >= 4 is 43.6 Å². The van der Waals surface area contributed by atoms with Crippen LogP contribution in [-0.4, -0.2) is 14.1 Å². The number of halogens is 3. The average molecular weight is 666 g/mol.